The Balaban J connectivity index is 1.94. The first kappa shape index (κ1) is 14.7. The number of nitrogens with zero attached hydrogens (tertiary/aromatic N) is 3. The minimum Gasteiger partial charge on any atom is -0.439 e. The number of rotatable bonds is 8. The fourth-order valence-electron chi connectivity index (χ4n) is 2.02. The van der Waals surface area contributed by atoms with E-state index in [1.807, 2.05) is 17.7 Å². The molecule has 2 aromatic heterocycles. The maximum Gasteiger partial charge on any atom is 0.196 e. The molecule has 2 heterocycles. The van der Waals surface area contributed by atoms with E-state index >= 15 is 0 Å². The van der Waals surface area contributed by atoms with Gasteiger partial charge in [0.1, 0.15) is 5.69 Å². The number of aryl methyl sites for hydroxylation is 2. The van der Waals surface area contributed by atoms with Crippen LogP contribution in [0.3, 0.4) is 0 Å². The second-order valence-corrected chi connectivity index (χ2v) is 4.60. The molecule has 1 N–H and O–H groups in total. The minimum atomic E-state index is 0.714. The maximum atomic E-state index is 5.79. The first-order valence-corrected chi connectivity index (χ1v) is 6.93. The third-order valence-electron chi connectivity index (χ3n) is 3.01. The van der Waals surface area contributed by atoms with Crippen molar-refractivity contribution in [3.63, 3.8) is 0 Å². The second-order valence-electron chi connectivity index (χ2n) is 4.60. The summed E-state index contributed by atoms with van der Waals surface area (Å²) in [5, 5.41) is 7.68. The smallest absolute Gasteiger partial charge is 0.196 e. The van der Waals surface area contributed by atoms with Crippen molar-refractivity contribution in [2.45, 2.75) is 26.8 Å². The van der Waals surface area contributed by atoms with Crippen molar-refractivity contribution in [2.75, 3.05) is 26.8 Å². The highest BCUT2D eigenvalue weighted by Gasteiger charge is 2.12. The van der Waals surface area contributed by atoms with Crippen LogP contribution in [-0.4, -0.2) is 41.6 Å². The van der Waals surface area contributed by atoms with Crippen molar-refractivity contribution in [1.82, 2.24) is 20.1 Å². The van der Waals surface area contributed by atoms with Gasteiger partial charge in [0.05, 0.1) is 18.5 Å². The molecule has 0 aliphatic heterocycles. The van der Waals surface area contributed by atoms with E-state index in [1.54, 1.807) is 13.3 Å². The van der Waals surface area contributed by atoms with Gasteiger partial charge >= 0.3 is 0 Å². The lowest BCUT2D eigenvalue weighted by Crippen LogP contribution is -2.21. The quantitative estimate of drug-likeness (QED) is 0.744. The summed E-state index contributed by atoms with van der Waals surface area (Å²) in [5.74, 6) is 1.52. The van der Waals surface area contributed by atoms with Crippen molar-refractivity contribution in [2.24, 2.45) is 0 Å². The number of nitrogens with one attached hydrogen (secondary N) is 1. The Morgan fingerprint density at radius 2 is 2.25 bits per heavy atom. The zero-order valence-electron chi connectivity index (χ0n) is 12.3. The Hall–Kier alpha value is -1.66. The van der Waals surface area contributed by atoms with Gasteiger partial charge in [0.25, 0.3) is 0 Å². The lowest BCUT2D eigenvalue weighted by molar-refractivity contribution is 0.199. The van der Waals surface area contributed by atoms with Gasteiger partial charge in [-0.05, 0) is 19.9 Å². The third-order valence-corrected chi connectivity index (χ3v) is 3.01. The van der Waals surface area contributed by atoms with Gasteiger partial charge < -0.3 is 14.5 Å². The standard InChI is InChI=1S/C14H22N4O2/c1-4-18-12(9-11(2)17-18)13-10-16-14(20-13)5-6-15-7-8-19-3/h9-10,15H,4-8H2,1-3H3. The van der Waals surface area contributed by atoms with Crippen LogP contribution in [0.1, 0.15) is 18.5 Å². The number of hydrogen-bond donors (Lipinski definition) is 1. The monoisotopic (exact) mass is 278 g/mol. The molecule has 0 aliphatic rings. The molecule has 0 aromatic carbocycles. The van der Waals surface area contributed by atoms with Crippen LogP contribution in [-0.2, 0) is 17.7 Å². The summed E-state index contributed by atoms with van der Waals surface area (Å²) >= 11 is 0. The summed E-state index contributed by atoms with van der Waals surface area (Å²) < 4.78 is 12.7. The van der Waals surface area contributed by atoms with E-state index in [-0.39, 0.29) is 0 Å². The molecule has 2 rings (SSSR count). The summed E-state index contributed by atoms with van der Waals surface area (Å²) in [7, 11) is 1.70. The van der Waals surface area contributed by atoms with Gasteiger partial charge in [-0.2, -0.15) is 5.10 Å². The fourth-order valence-corrected chi connectivity index (χ4v) is 2.02. The molecule has 0 bridgehead atoms. The van der Waals surface area contributed by atoms with Crippen LogP contribution < -0.4 is 5.32 Å². The van der Waals surface area contributed by atoms with E-state index in [2.05, 4.69) is 22.3 Å². The van der Waals surface area contributed by atoms with Crippen molar-refractivity contribution >= 4 is 0 Å². The van der Waals surface area contributed by atoms with E-state index in [4.69, 9.17) is 9.15 Å². The van der Waals surface area contributed by atoms with Crippen LogP contribution in [0, 0.1) is 6.92 Å². The van der Waals surface area contributed by atoms with Gasteiger partial charge in [0.15, 0.2) is 11.7 Å². The highest BCUT2D eigenvalue weighted by molar-refractivity contribution is 5.51. The van der Waals surface area contributed by atoms with Crippen molar-refractivity contribution in [3.05, 3.63) is 23.8 Å². The number of hydrogen-bond acceptors (Lipinski definition) is 5. The van der Waals surface area contributed by atoms with Crippen molar-refractivity contribution in [1.29, 1.82) is 0 Å². The lowest BCUT2D eigenvalue weighted by Gasteiger charge is -2.02. The molecule has 6 heteroatoms. The zero-order chi connectivity index (χ0) is 14.4. The Kier molecular flexibility index (Phi) is 5.31. The van der Waals surface area contributed by atoms with E-state index in [0.717, 1.165) is 49.1 Å². The number of aromatic nitrogens is 3. The third kappa shape index (κ3) is 3.68. The molecule has 0 unspecified atom stereocenters. The first-order chi connectivity index (χ1) is 9.74. The molecule has 0 radical (unpaired) electrons. The molecule has 2 aromatic rings. The van der Waals surface area contributed by atoms with E-state index in [0.29, 0.717) is 6.61 Å². The number of methoxy groups -OCH3 is 1. The molecule has 110 valence electrons. The second kappa shape index (κ2) is 7.21. The lowest BCUT2D eigenvalue weighted by atomic mass is 10.3. The Morgan fingerprint density at radius 3 is 3.00 bits per heavy atom. The molecule has 0 fully saturated rings. The highest BCUT2D eigenvalue weighted by Crippen LogP contribution is 2.21. The Labute approximate surface area is 119 Å². The Bertz CT molecular complexity index is 533. The summed E-state index contributed by atoms with van der Waals surface area (Å²) in [6.45, 7) is 7.24. The summed E-state index contributed by atoms with van der Waals surface area (Å²) in [4.78, 5) is 4.32. The first-order valence-electron chi connectivity index (χ1n) is 6.93. The molecule has 0 saturated heterocycles. The van der Waals surface area contributed by atoms with Crippen LogP contribution in [0.4, 0.5) is 0 Å². The van der Waals surface area contributed by atoms with Crippen LogP contribution in [0.2, 0.25) is 0 Å². The van der Waals surface area contributed by atoms with Crippen LogP contribution in [0.5, 0.6) is 0 Å². The van der Waals surface area contributed by atoms with Crippen molar-refractivity contribution in [3.8, 4) is 11.5 Å². The molecule has 0 atom stereocenters. The fraction of sp³-hybridized carbons (Fsp3) is 0.571. The molecular weight excluding hydrogens is 256 g/mol. The normalized spacial score (nSPS) is 11.2. The molecular formula is C14H22N4O2. The SMILES string of the molecule is CCn1nc(C)cc1-c1cnc(CCNCCOC)o1. The van der Waals surface area contributed by atoms with Gasteiger partial charge in [0, 0.05) is 33.2 Å². The molecule has 0 spiro atoms. The van der Waals surface area contributed by atoms with Gasteiger partial charge in [-0.3, -0.25) is 4.68 Å². The zero-order valence-corrected chi connectivity index (χ0v) is 12.3. The predicted molar refractivity (Wildman–Crippen MR) is 76.6 cm³/mol. The van der Waals surface area contributed by atoms with E-state index < -0.39 is 0 Å². The largest absolute Gasteiger partial charge is 0.439 e. The molecule has 0 aliphatic carbocycles. The van der Waals surface area contributed by atoms with E-state index in [1.165, 1.54) is 0 Å². The minimum absolute atomic E-state index is 0.714. The number of ether oxygens (including phenoxy) is 1. The average molecular weight is 278 g/mol. The molecule has 0 amide bonds. The average Bonchev–Trinajstić information content (AvgIpc) is 3.04. The molecule has 20 heavy (non-hydrogen) atoms. The van der Waals surface area contributed by atoms with Gasteiger partial charge in [-0.1, -0.05) is 0 Å². The van der Waals surface area contributed by atoms with E-state index in [9.17, 15) is 0 Å². The van der Waals surface area contributed by atoms with Crippen LogP contribution in [0.15, 0.2) is 16.7 Å². The summed E-state index contributed by atoms with van der Waals surface area (Å²) in [5.41, 5.74) is 1.97. The predicted octanol–water partition coefficient (Wildman–Crippen LogP) is 1.64. The molecule has 0 saturated carbocycles. The number of oxazole rings is 1. The topological polar surface area (TPSA) is 65.1 Å². The summed E-state index contributed by atoms with van der Waals surface area (Å²) in [6.07, 6.45) is 2.54. The van der Waals surface area contributed by atoms with Crippen LogP contribution >= 0.6 is 0 Å². The summed E-state index contributed by atoms with van der Waals surface area (Å²) in [6, 6.07) is 2.02. The van der Waals surface area contributed by atoms with Crippen molar-refractivity contribution < 1.29 is 9.15 Å². The Morgan fingerprint density at radius 1 is 1.40 bits per heavy atom. The van der Waals surface area contributed by atoms with Gasteiger partial charge in [0.2, 0.25) is 0 Å². The highest BCUT2D eigenvalue weighted by atomic mass is 16.5. The maximum absolute atomic E-state index is 5.79. The van der Waals surface area contributed by atoms with Gasteiger partial charge in [-0.15, -0.1) is 0 Å². The van der Waals surface area contributed by atoms with Gasteiger partial charge in [-0.25, -0.2) is 4.98 Å². The van der Waals surface area contributed by atoms with Crippen LogP contribution in [0.25, 0.3) is 11.5 Å². The molecule has 6 nitrogen and oxygen atoms in total.